The summed E-state index contributed by atoms with van der Waals surface area (Å²) in [5.41, 5.74) is 4.65. The molecule has 0 bridgehead atoms. The van der Waals surface area contributed by atoms with E-state index in [-0.39, 0.29) is 18.5 Å². The molecule has 8 nitrogen and oxygen atoms in total. The summed E-state index contributed by atoms with van der Waals surface area (Å²) >= 11 is 0. The minimum Gasteiger partial charge on any atom is -0.396 e. The van der Waals surface area contributed by atoms with Crippen molar-refractivity contribution < 1.29 is 15.3 Å². The van der Waals surface area contributed by atoms with Gasteiger partial charge < -0.3 is 21.1 Å². The van der Waals surface area contributed by atoms with Crippen LogP contribution in [0.25, 0.3) is 0 Å². The van der Waals surface area contributed by atoms with E-state index in [9.17, 15) is 15.0 Å². The van der Waals surface area contributed by atoms with Crippen LogP contribution in [0, 0.1) is 5.92 Å². The third-order valence-electron chi connectivity index (χ3n) is 2.95. The average Bonchev–Trinajstić information content (AvgIpc) is 2.35. The second-order valence-electron chi connectivity index (χ2n) is 4.73. The van der Waals surface area contributed by atoms with Crippen molar-refractivity contribution in [3.8, 4) is 0 Å². The molecule has 3 unspecified atom stereocenters. The Balaban J connectivity index is 3.11. The molecule has 0 saturated heterocycles. The third kappa shape index (κ3) is 3.98. The van der Waals surface area contributed by atoms with Crippen LogP contribution in [0.4, 0.5) is 5.95 Å². The van der Waals surface area contributed by atoms with Crippen molar-refractivity contribution in [2.45, 2.75) is 38.5 Å². The molecule has 1 heterocycles. The second-order valence-corrected chi connectivity index (χ2v) is 4.73. The minimum atomic E-state index is -1.17. The SMILES string of the molecule is CC(CO)CC(C(O)[C@@H](C)O)n1cnc(N)nc1=O. The summed E-state index contributed by atoms with van der Waals surface area (Å²) < 4.78 is 1.12. The van der Waals surface area contributed by atoms with Crippen LogP contribution in [0.5, 0.6) is 0 Å². The zero-order valence-electron chi connectivity index (χ0n) is 11.0. The van der Waals surface area contributed by atoms with Gasteiger partial charge in [-0.3, -0.25) is 4.57 Å². The van der Waals surface area contributed by atoms with E-state index in [1.54, 1.807) is 6.92 Å². The number of nitrogen functional groups attached to an aromatic ring is 1. The standard InChI is InChI=1S/C11H20N4O4/c1-6(4-16)3-8(9(18)7(2)17)15-5-13-10(12)14-11(15)19/h5-9,16-18H,3-4H2,1-2H3,(H2,12,14,19)/t6?,7-,8?,9?/m1/s1. The first kappa shape index (κ1) is 15.5. The fraction of sp³-hybridized carbons (Fsp3) is 0.727. The van der Waals surface area contributed by atoms with Gasteiger partial charge in [-0.25, -0.2) is 9.78 Å². The highest BCUT2D eigenvalue weighted by molar-refractivity contribution is 5.10. The number of hydrogen-bond donors (Lipinski definition) is 4. The number of aliphatic hydroxyl groups is 3. The summed E-state index contributed by atoms with van der Waals surface area (Å²) in [6, 6.07) is -0.727. The Morgan fingerprint density at radius 1 is 1.42 bits per heavy atom. The van der Waals surface area contributed by atoms with Gasteiger partial charge in [-0.2, -0.15) is 4.98 Å². The lowest BCUT2D eigenvalue weighted by Crippen LogP contribution is -2.40. The van der Waals surface area contributed by atoms with E-state index in [0.29, 0.717) is 6.42 Å². The fourth-order valence-electron chi connectivity index (χ4n) is 1.81. The molecular formula is C11H20N4O4. The minimum absolute atomic E-state index is 0.0897. The van der Waals surface area contributed by atoms with Crippen LogP contribution in [0.2, 0.25) is 0 Å². The Labute approximate surface area is 110 Å². The van der Waals surface area contributed by atoms with Crippen LogP contribution in [-0.4, -0.2) is 48.7 Å². The maximum Gasteiger partial charge on any atom is 0.352 e. The summed E-state index contributed by atoms with van der Waals surface area (Å²) in [7, 11) is 0. The molecule has 0 aliphatic heterocycles. The van der Waals surface area contributed by atoms with Crippen LogP contribution in [0.3, 0.4) is 0 Å². The van der Waals surface area contributed by atoms with E-state index in [0.717, 1.165) is 4.57 Å². The summed E-state index contributed by atoms with van der Waals surface area (Å²) in [6.45, 7) is 3.10. The molecule has 0 saturated carbocycles. The van der Waals surface area contributed by atoms with Crippen LogP contribution in [0.15, 0.2) is 11.1 Å². The second kappa shape index (κ2) is 6.60. The predicted octanol–water partition coefficient (Wildman–Crippen LogP) is -1.48. The Kier molecular flexibility index (Phi) is 5.40. The predicted molar refractivity (Wildman–Crippen MR) is 68.3 cm³/mol. The normalized spacial score (nSPS) is 17.7. The van der Waals surface area contributed by atoms with Gasteiger partial charge in [-0.15, -0.1) is 0 Å². The molecule has 8 heteroatoms. The largest absolute Gasteiger partial charge is 0.396 e. The topological polar surface area (TPSA) is 134 Å². The van der Waals surface area contributed by atoms with Crippen LogP contribution >= 0.6 is 0 Å². The Morgan fingerprint density at radius 3 is 2.53 bits per heavy atom. The molecule has 0 radical (unpaired) electrons. The van der Waals surface area contributed by atoms with E-state index in [1.165, 1.54) is 13.3 Å². The van der Waals surface area contributed by atoms with Crippen LogP contribution < -0.4 is 11.4 Å². The Morgan fingerprint density at radius 2 is 2.05 bits per heavy atom. The Hall–Kier alpha value is -1.51. The van der Waals surface area contributed by atoms with Gasteiger partial charge in [0.05, 0.1) is 12.1 Å². The average molecular weight is 272 g/mol. The zero-order valence-corrected chi connectivity index (χ0v) is 11.0. The van der Waals surface area contributed by atoms with Crippen molar-refractivity contribution in [3.05, 3.63) is 16.8 Å². The number of anilines is 1. The van der Waals surface area contributed by atoms with E-state index in [1.807, 2.05) is 0 Å². The highest BCUT2D eigenvalue weighted by Gasteiger charge is 2.28. The quantitative estimate of drug-likeness (QED) is 0.496. The van der Waals surface area contributed by atoms with Gasteiger partial charge in [-0.1, -0.05) is 6.92 Å². The highest BCUT2D eigenvalue weighted by atomic mass is 16.3. The van der Waals surface area contributed by atoms with Crippen molar-refractivity contribution >= 4 is 5.95 Å². The lowest BCUT2D eigenvalue weighted by atomic mass is 9.95. The lowest BCUT2D eigenvalue weighted by Gasteiger charge is -2.28. The summed E-state index contributed by atoms with van der Waals surface area (Å²) in [5, 5.41) is 28.6. The maximum atomic E-state index is 11.8. The maximum absolute atomic E-state index is 11.8. The molecule has 5 N–H and O–H groups in total. The van der Waals surface area contributed by atoms with Crippen LogP contribution in [-0.2, 0) is 0 Å². The molecule has 4 atom stereocenters. The number of nitrogens with zero attached hydrogens (tertiary/aromatic N) is 3. The summed E-state index contributed by atoms with van der Waals surface area (Å²) in [5.74, 6) is -0.301. The van der Waals surface area contributed by atoms with Gasteiger partial charge in [0, 0.05) is 6.61 Å². The number of rotatable bonds is 6. The first-order chi connectivity index (χ1) is 8.86. The number of nitrogens with two attached hydrogens (primary N) is 1. The molecule has 0 aromatic carbocycles. The van der Waals surface area contributed by atoms with Gasteiger partial charge in [0.25, 0.3) is 0 Å². The van der Waals surface area contributed by atoms with Crippen molar-refractivity contribution in [1.29, 1.82) is 0 Å². The van der Waals surface area contributed by atoms with Gasteiger partial charge in [0.2, 0.25) is 5.95 Å². The molecule has 108 valence electrons. The molecule has 1 aromatic heterocycles. The molecule has 0 aliphatic rings. The fourth-order valence-corrected chi connectivity index (χ4v) is 1.81. The summed E-state index contributed by atoms with van der Waals surface area (Å²) in [6.07, 6.45) is -0.708. The van der Waals surface area contributed by atoms with E-state index >= 15 is 0 Å². The van der Waals surface area contributed by atoms with Crippen molar-refractivity contribution in [1.82, 2.24) is 14.5 Å². The first-order valence-electron chi connectivity index (χ1n) is 6.04. The van der Waals surface area contributed by atoms with Crippen molar-refractivity contribution in [2.24, 2.45) is 5.92 Å². The number of aliphatic hydroxyl groups excluding tert-OH is 3. The summed E-state index contributed by atoms with van der Waals surface area (Å²) in [4.78, 5) is 19.0. The van der Waals surface area contributed by atoms with Gasteiger partial charge in [0.1, 0.15) is 12.4 Å². The smallest absolute Gasteiger partial charge is 0.352 e. The van der Waals surface area contributed by atoms with Gasteiger partial charge >= 0.3 is 5.69 Å². The third-order valence-corrected chi connectivity index (χ3v) is 2.95. The van der Waals surface area contributed by atoms with Gasteiger partial charge in [-0.05, 0) is 19.3 Å². The molecule has 0 fully saturated rings. The zero-order chi connectivity index (χ0) is 14.6. The molecule has 1 aromatic rings. The van der Waals surface area contributed by atoms with E-state index in [4.69, 9.17) is 10.8 Å². The molecule has 0 amide bonds. The molecule has 0 aliphatic carbocycles. The monoisotopic (exact) mass is 272 g/mol. The number of aromatic nitrogens is 3. The first-order valence-corrected chi connectivity index (χ1v) is 6.04. The number of hydrogen-bond acceptors (Lipinski definition) is 7. The Bertz CT molecular complexity index is 462. The molecule has 0 spiro atoms. The van der Waals surface area contributed by atoms with E-state index in [2.05, 4.69) is 9.97 Å². The van der Waals surface area contributed by atoms with E-state index < -0.39 is 23.9 Å². The van der Waals surface area contributed by atoms with Crippen molar-refractivity contribution in [2.75, 3.05) is 12.3 Å². The molecular weight excluding hydrogens is 252 g/mol. The highest BCUT2D eigenvalue weighted by Crippen LogP contribution is 2.21. The lowest BCUT2D eigenvalue weighted by molar-refractivity contribution is -0.0124. The van der Waals surface area contributed by atoms with Crippen molar-refractivity contribution in [3.63, 3.8) is 0 Å². The molecule has 1 rings (SSSR count). The van der Waals surface area contributed by atoms with Crippen LogP contribution in [0.1, 0.15) is 26.3 Å². The van der Waals surface area contributed by atoms with Gasteiger partial charge in [0.15, 0.2) is 0 Å². The molecule has 19 heavy (non-hydrogen) atoms.